The van der Waals surface area contributed by atoms with Crippen LogP contribution in [0.25, 0.3) is 0 Å². The van der Waals surface area contributed by atoms with Gasteiger partial charge in [0.15, 0.2) is 0 Å². The fourth-order valence-electron chi connectivity index (χ4n) is 1.92. The third-order valence-electron chi connectivity index (χ3n) is 2.89. The molecule has 1 N–H and O–H groups in total. The topological polar surface area (TPSA) is 29.9 Å². The van der Waals surface area contributed by atoms with Crippen LogP contribution in [0.1, 0.15) is 38.2 Å². The lowest BCUT2D eigenvalue weighted by Crippen LogP contribution is -2.26. The third kappa shape index (κ3) is 2.15. The summed E-state index contributed by atoms with van der Waals surface area (Å²) >= 11 is 0. The van der Waals surface area contributed by atoms with Crippen LogP contribution in [0.15, 0.2) is 12.4 Å². The van der Waals surface area contributed by atoms with Crippen molar-refractivity contribution in [1.29, 1.82) is 0 Å². The van der Waals surface area contributed by atoms with E-state index in [4.69, 9.17) is 0 Å². The maximum Gasteiger partial charge on any atom is 0.0562 e. The first kappa shape index (κ1) is 9.71. The van der Waals surface area contributed by atoms with E-state index in [1.807, 2.05) is 6.20 Å². The molecule has 0 aromatic carbocycles. The molecule has 1 atom stereocenters. The molecule has 1 aromatic rings. The quantitative estimate of drug-likeness (QED) is 0.792. The maximum atomic E-state index is 4.38. The molecule has 0 radical (unpaired) electrons. The molecular weight excluding hydrogens is 174 g/mol. The first-order valence-corrected chi connectivity index (χ1v) is 5.51. The van der Waals surface area contributed by atoms with Crippen LogP contribution in [0.3, 0.4) is 0 Å². The van der Waals surface area contributed by atoms with Gasteiger partial charge in [0.2, 0.25) is 0 Å². The van der Waals surface area contributed by atoms with Crippen LogP contribution in [0.4, 0.5) is 0 Å². The van der Waals surface area contributed by atoms with Crippen molar-refractivity contribution in [2.75, 3.05) is 6.54 Å². The summed E-state index contributed by atoms with van der Waals surface area (Å²) < 4.78 is 2.07. The van der Waals surface area contributed by atoms with E-state index < -0.39 is 0 Å². The average Bonchev–Trinajstić information content (AvgIpc) is 2.75. The van der Waals surface area contributed by atoms with E-state index in [-0.39, 0.29) is 0 Å². The third-order valence-corrected chi connectivity index (χ3v) is 2.89. The molecule has 0 unspecified atom stereocenters. The van der Waals surface area contributed by atoms with Crippen molar-refractivity contribution in [3.63, 3.8) is 0 Å². The molecule has 14 heavy (non-hydrogen) atoms. The highest BCUT2D eigenvalue weighted by Crippen LogP contribution is 2.13. The summed E-state index contributed by atoms with van der Waals surface area (Å²) in [6.45, 7) is 6.60. The molecule has 0 aliphatic carbocycles. The van der Waals surface area contributed by atoms with Crippen molar-refractivity contribution < 1.29 is 0 Å². The highest BCUT2D eigenvalue weighted by molar-refractivity contribution is 5.08. The molecule has 78 valence electrons. The summed E-state index contributed by atoms with van der Waals surface area (Å²) in [5.74, 6) is 0.584. The largest absolute Gasteiger partial charge is 0.312 e. The van der Waals surface area contributed by atoms with Gasteiger partial charge < -0.3 is 5.32 Å². The van der Waals surface area contributed by atoms with Crippen LogP contribution in [-0.2, 0) is 6.54 Å². The fourth-order valence-corrected chi connectivity index (χ4v) is 1.92. The van der Waals surface area contributed by atoms with Gasteiger partial charge in [0.25, 0.3) is 0 Å². The minimum absolute atomic E-state index is 0.584. The van der Waals surface area contributed by atoms with Crippen molar-refractivity contribution in [3.8, 4) is 0 Å². The molecule has 0 saturated carbocycles. The fraction of sp³-hybridized carbons (Fsp3) is 0.727. The van der Waals surface area contributed by atoms with Gasteiger partial charge in [-0.15, -0.1) is 0 Å². The van der Waals surface area contributed by atoms with E-state index in [1.165, 1.54) is 24.9 Å². The summed E-state index contributed by atoms with van der Waals surface area (Å²) in [5, 5.41) is 7.86. The minimum Gasteiger partial charge on any atom is -0.312 e. The normalized spacial score (nSPS) is 22.1. The smallest absolute Gasteiger partial charge is 0.0562 e. The van der Waals surface area contributed by atoms with Gasteiger partial charge in [-0.3, -0.25) is 4.68 Å². The van der Waals surface area contributed by atoms with E-state index in [1.54, 1.807) is 0 Å². The summed E-state index contributed by atoms with van der Waals surface area (Å²) in [4.78, 5) is 0. The Morgan fingerprint density at radius 1 is 1.64 bits per heavy atom. The second kappa shape index (κ2) is 4.13. The van der Waals surface area contributed by atoms with Crippen molar-refractivity contribution in [3.05, 3.63) is 18.0 Å². The SMILES string of the molecule is CC(C)c1cnn(C[C@@H]2CCCN2)c1. The zero-order valence-electron chi connectivity index (χ0n) is 9.03. The molecule has 2 rings (SSSR count). The van der Waals surface area contributed by atoms with E-state index in [9.17, 15) is 0 Å². The first-order valence-electron chi connectivity index (χ1n) is 5.51. The maximum absolute atomic E-state index is 4.38. The molecule has 1 aliphatic heterocycles. The van der Waals surface area contributed by atoms with Gasteiger partial charge in [0.05, 0.1) is 12.7 Å². The Balaban J connectivity index is 1.95. The van der Waals surface area contributed by atoms with Crippen molar-refractivity contribution in [2.45, 2.75) is 45.2 Å². The molecule has 0 spiro atoms. The van der Waals surface area contributed by atoms with Gasteiger partial charge in [-0.25, -0.2) is 0 Å². The Hall–Kier alpha value is -0.830. The van der Waals surface area contributed by atoms with E-state index in [0.29, 0.717) is 12.0 Å². The predicted molar refractivity (Wildman–Crippen MR) is 57.3 cm³/mol. The van der Waals surface area contributed by atoms with Gasteiger partial charge >= 0.3 is 0 Å². The Kier molecular flexibility index (Phi) is 2.87. The number of nitrogens with zero attached hydrogens (tertiary/aromatic N) is 2. The predicted octanol–water partition coefficient (Wildman–Crippen LogP) is 1.76. The van der Waals surface area contributed by atoms with Crippen LogP contribution < -0.4 is 5.32 Å². The minimum atomic E-state index is 0.584. The first-order chi connectivity index (χ1) is 6.75. The Labute approximate surface area is 85.5 Å². The van der Waals surface area contributed by atoms with Crippen molar-refractivity contribution >= 4 is 0 Å². The molecule has 3 nitrogen and oxygen atoms in total. The molecule has 3 heteroatoms. The molecule has 0 amide bonds. The number of aromatic nitrogens is 2. The van der Waals surface area contributed by atoms with Crippen LogP contribution in [-0.4, -0.2) is 22.4 Å². The number of rotatable bonds is 3. The lowest BCUT2D eigenvalue weighted by Gasteiger charge is -2.09. The van der Waals surface area contributed by atoms with Crippen LogP contribution in [0, 0.1) is 0 Å². The lowest BCUT2D eigenvalue weighted by atomic mass is 10.1. The summed E-state index contributed by atoms with van der Waals surface area (Å²) in [6.07, 6.45) is 6.75. The second-order valence-electron chi connectivity index (χ2n) is 4.44. The van der Waals surface area contributed by atoms with Crippen LogP contribution >= 0.6 is 0 Å². The Morgan fingerprint density at radius 2 is 2.50 bits per heavy atom. The second-order valence-corrected chi connectivity index (χ2v) is 4.44. The monoisotopic (exact) mass is 193 g/mol. The molecule has 1 fully saturated rings. The van der Waals surface area contributed by atoms with Crippen LogP contribution in [0.5, 0.6) is 0 Å². The molecule has 1 aromatic heterocycles. The van der Waals surface area contributed by atoms with Crippen molar-refractivity contribution in [2.24, 2.45) is 0 Å². The van der Waals surface area contributed by atoms with Gasteiger partial charge in [-0.2, -0.15) is 5.10 Å². The molecular formula is C11H19N3. The average molecular weight is 193 g/mol. The molecule has 1 saturated heterocycles. The van der Waals surface area contributed by atoms with E-state index >= 15 is 0 Å². The number of nitrogens with one attached hydrogen (secondary N) is 1. The van der Waals surface area contributed by atoms with E-state index in [2.05, 4.69) is 35.1 Å². The highest BCUT2D eigenvalue weighted by atomic mass is 15.3. The van der Waals surface area contributed by atoms with E-state index in [0.717, 1.165) is 6.54 Å². The zero-order valence-corrected chi connectivity index (χ0v) is 9.03. The zero-order chi connectivity index (χ0) is 9.97. The Bertz CT molecular complexity index is 284. The lowest BCUT2D eigenvalue weighted by molar-refractivity contribution is 0.475. The summed E-state index contributed by atoms with van der Waals surface area (Å²) in [6, 6.07) is 0.634. The van der Waals surface area contributed by atoms with Gasteiger partial charge in [-0.05, 0) is 30.9 Å². The Morgan fingerprint density at radius 3 is 3.07 bits per heavy atom. The molecule has 0 bridgehead atoms. The van der Waals surface area contributed by atoms with Gasteiger partial charge in [0, 0.05) is 12.2 Å². The summed E-state index contributed by atoms with van der Waals surface area (Å²) in [7, 11) is 0. The van der Waals surface area contributed by atoms with Gasteiger partial charge in [-0.1, -0.05) is 13.8 Å². The highest BCUT2D eigenvalue weighted by Gasteiger charge is 2.14. The summed E-state index contributed by atoms with van der Waals surface area (Å²) in [5.41, 5.74) is 1.34. The van der Waals surface area contributed by atoms with Crippen molar-refractivity contribution in [1.82, 2.24) is 15.1 Å². The van der Waals surface area contributed by atoms with Crippen LogP contribution in [0.2, 0.25) is 0 Å². The standard InChI is InChI=1S/C11H19N3/c1-9(2)10-6-13-14(7-10)8-11-4-3-5-12-11/h6-7,9,11-12H,3-5,8H2,1-2H3/t11-/m0/s1. The van der Waals surface area contributed by atoms with Gasteiger partial charge in [0.1, 0.15) is 0 Å². The number of hydrogen-bond acceptors (Lipinski definition) is 2. The molecule has 2 heterocycles. The number of hydrogen-bond donors (Lipinski definition) is 1. The molecule has 1 aliphatic rings.